The van der Waals surface area contributed by atoms with Crippen LogP contribution < -0.4 is 0 Å². The van der Waals surface area contributed by atoms with E-state index in [1.807, 2.05) is 32.2 Å². The lowest BCUT2D eigenvalue weighted by Crippen LogP contribution is -2.49. The van der Waals surface area contributed by atoms with Gasteiger partial charge in [0.25, 0.3) is 5.91 Å². The molecule has 30 heavy (non-hydrogen) atoms. The van der Waals surface area contributed by atoms with Gasteiger partial charge in [-0.25, -0.2) is 0 Å². The normalized spacial score (nSPS) is 31.0. The standard InChI is InChI=1S/C26H31NO3/c1-17-21-16-26(3)18(2)24(30-13-9-12-19-10-7-6-8-11-19)23(29-5)15-20(26)14-22(21)27(4)25(17)28/h6-12,14-15,18,23-24H,13,16H2,1-5H3/b12-9+/t18-,23+,24+,26+/m0/s1. The molecule has 2 aliphatic carbocycles. The Morgan fingerprint density at radius 3 is 2.70 bits per heavy atom. The zero-order valence-corrected chi connectivity index (χ0v) is 18.5. The van der Waals surface area contributed by atoms with Crippen LogP contribution in [0.5, 0.6) is 0 Å². The van der Waals surface area contributed by atoms with Crippen LogP contribution in [0.15, 0.2) is 71.0 Å². The summed E-state index contributed by atoms with van der Waals surface area (Å²) < 4.78 is 12.2. The summed E-state index contributed by atoms with van der Waals surface area (Å²) >= 11 is 0. The quantitative estimate of drug-likeness (QED) is 0.709. The van der Waals surface area contributed by atoms with Crippen molar-refractivity contribution in [3.05, 3.63) is 76.5 Å². The van der Waals surface area contributed by atoms with E-state index in [-0.39, 0.29) is 29.4 Å². The summed E-state index contributed by atoms with van der Waals surface area (Å²) in [7, 11) is 3.60. The summed E-state index contributed by atoms with van der Waals surface area (Å²) in [6, 6.07) is 10.2. The van der Waals surface area contributed by atoms with E-state index in [0.717, 1.165) is 23.3 Å². The van der Waals surface area contributed by atoms with Gasteiger partial charge in [-0.1, -0.05) is 56.3 Å². The number of amides is 1. The Balaban J connectivity index is 1.58. The van der Waals surface area contributed by atoms with E-state index < -0.39 is 0 Å². The number of carbonyl (C=O) groups excluding carboxylic acids is 1. The predicted octanol–water partition coefficient (Wildman–Crippen LogP) is 4.76. The molecule has 0 spiro atoms. The van der Waals surface area contributed by atoms with Gasteiger partial charge in [0.15, 0.2) is 0 Å². The van der Waals surface area contributed by atoms with E-state index in [4.69, 9.17) is 9.47 Å². The van der Waals surface area contributed by atoms with Gasteiger partial charge in [-0.15, -0.1) is 0 Å². The topological polar surface area (TPSA) is 38.8 Å². The molecule has 158 valence electrons. The van der Waals surface area contributed by atoms with Gasteiger partial charge in [0.05, 0.1) is 12.7 Å². The van der Waals surface area contributed by atoms with E-state index in [1.54, 1.807) is 12.0 Å². The molecule has 0 radical (unpaired) electrons. The monoisotopic (exact) mass is 405 g/mol. The van der Waals surface area contributed by atoms with Crippen LogP contribution in [0.2, 0.25) is 0 Å². The van der Waals surface area contributed by atoms with Crippen LogP contribution in [-0.4, -0.2) is 43.8 Å². The Hall–Kier alpha value is -2.43. The number of ether oxygens (including phenoxy) is 2. The van der Waals surface area contributed by atoms with Crippen LogP contribution in [-0.2, 0) is 14.3 Å². The number of fused-ring (bicyclic) bond motifs is 2. The maximum Gasteiger partial charge on any atom is 0.254 e. The van der Waals surface area contributed by atoms with Crippen molar-refractivity contribution in [2.24, 2.45) is 11.3 Å². The largest absolute Gasteiger partial charge is 0.375 e. The third kappa shape index (κ3) is 3.38. The van der Waals surface area contributed by atoms with E-state index in [0.29, 0.717) is 6.61 Å². The Labute approximate surface area is 179 Å². The molecule has 0 unspecified atom stereocenters. The van der Waals surface area contributed by atoms with E-state index in [1.165, 1.54) is 11.1 Å². The molecule has 4 nitrogen and oxygen atoms in total. The van der Waals surface area contributed by atoms with Gasteiger partial charge in [0, 0.05) is 30.8 Å². The number of likely N-dealkylation sites (N-methyl/N-ethyl adjacent to an activating group) is 1. The number of allylic oxidation sites excluding steroid dienone is 3. The van der Waals surface area contributed by atoms with Crippen molar-refractivity contribution in [3.8, 4) is 0 Å². The molecule has 0 aromatic heterocycles. The van der Waals surface area contributed by atoms with Crippen molar-refractivity contribution in [2.75, 3.05) is 20.8 Å². The summed E-state index contributed by atoms with van der Waals surface area (Å²) in [6.45, 7) is 7.02. The molecular formula is C26H31NO3. The van der Waals surface area contributed by atoms with Gasteiger partial charge in [-0.3, -0.25) is 4.79 Å². The first-order valence-corrected chi connectivity index (χ1v) is 10.6. The Kier molecular flexibility index (Phi) is 5.56. The van der Waals surface area contributed by atoms with Crippen molar-refractivity contribution in [1.29, 1.82) is 0 Å². The summed E-state index contributed by atoms with van der Waals surface area (Å²) in [6.07, 6.45) is 9.22. The maximum absolute atomic E-state index is 12.5. The van der Waals surface area contributed by atoms with Crippen molar-refractivity contribution in [1.82, 2.24) is 4.90 Å². The molecule has 1 aromatic carbocycles. The van der Waals surface area contributed by atoms with Crippen LogP contribution in [0.3, 0.4) is 0 Å². The first-order valence-electron chi connectivity index (χ1n) is 10.6. The van der Waals surface area contributed by atoms with E-state index >= 15 is 0 Å². The summed E-state index contributed by atoms with van der Waals surface area (Å²) in [5.74, 6) is 0.348. The van der Waals surface area contributed by atoms with Crippen molar-refractivity contribution < 1.29 is 14.3 Å². The van der Waals surface area contributed by atoms with Gasteiger partial charge in [0.1, 0.15) is 6.10 Å². The van der Waals surface area contributed by atoms with E-state index in [9.17, 15) is 4.79 Å². The van der Waals surface area contributed by atoms with Crippen LogP contribution in [0.4, 0.5) is 0 Å². The molecule has 1 aromatic rings. The van der Waals surface area contributed by atoms with E-state index in [2.05, 4.69) is 50.3 Å². The molecule has 3 aliphatic rings. The van der Waals surface area contributed by atoms with Crippen LogP contribution >= 0.6 is 0 Å². The summed E-state index contributed by atoms with van der Waals surface area (Å²) in [5, 5.41) is 0. The molecule has 4 atom stereocenters. The molecule has 0 saturated heterocycles. The molecule has 1 aliphatic heterocycles. The number of hydrogen-bond donors (Lipinski definition) is 0. The van der Waals surface area contributed by atoms with Crippen molar-refractivity contribution in [2.45, 2.75) is 39.4 Å². The average Bonchev–Trinajstić information content (AvgIpc) is 2.95. The minimum atomic E-state index is -0.112. The highest BCUT2D eigenvalue weighted by Gasteiger charge is 2.50. The van der Waals surface area contributed by atoms with Crippen LogP contribution in [0, 0.1) is 11.3 Å². The smallest absolute Gasteiger partial charge is 0.254 e. The number of hydrogen-bond acceptors (Lipinski definition) is 3. The minimum absolute atomic E-state index is 0.0464. The molecular weight excluding hydrogens is 374 g/mol. The SMILES string of the molecule is CO[C@@H]1C=C2C=C3C(=C(C)C(=O)N3C)C[C@]2(C)[C@@H](C)[C@H]1OC/C=C/c1ccccc1. The first-order chi connectivity index (χ1) is 14.4. The number of nitrogens with zero attached hydrogens (tertiary/aromatic N) is 1. The van der Waals surface area contributed by atoms with Gasteiger partial charge in [0.2, 0.25) is 0 Å². The highest BCUT2D eigenvalue weighted by Crippen LogP contribution is 2.54. The lowest BCUT2D eigenvalue weighted by atomic mass is 9.59. The average molecular weight is 406 g/mol. The number of benzene rings is 1. The molecule has 4 heteroatoms. The van der Waals surface area contributed by atoms with Gasteiger partial charge >= 0.3 is 0 Å². The fourth-order valence-corrected chi connectivity index (χ4v) is 5.01. The van der Waals surface area contributed by atoms with Gasteiger partial charge in [-0.05, 0) is 48.1 Å². The fourth-order valence-electron chi connectivity index (χ4n) is 5.01. The van der Waals surface area contributed by atoms with Gasteiger partial charge < -0.3 is 14.4 Å². The Morgan fingerprint density at radius 1 is 1.27 bits per heavy atom. The number of methoxy groups -OCH3 is 1. The van der Waals surface area contributed by atoms with Crippen LogP contribution in [0.25, 0.3) is 6.08 Å². The number of carbonyl (C=O) groups is 1. The highest BCUT2D eigenvalue weighted by atomic mass is 16.5. The second-order valence-electron chi connectivity index (χ2n) is 8.81. The second kappa shape index (κ2) is 8.01. The van der Waals surface area contributed by atoms with Crippen molar-refractivity contribution >= 4 is 12.0 Å². The first kappa shape index (κ1) is 20.8. The van der Waals surface area contributed by atoms with Gasteiger partial charge in [-0.2, -0.15) is 0 Å². The van der Waals surface area contributed by atoms with Crippen LogP contribution in [0.1, 0.15) is 32.8 Å². The zero-order valence-electron chi connectivity index (χ0n) is 18.5. The fraction of sp³-hybridized carbons (Fsp3) is 0.423. The lowest BCUT2D eigenvalue weighted by molar-refractivity contribution is -0.123. The maximum atomic E-state index is 12.5. The summed E-state index contributed by atoms with van der Waals surface area (Å²) in [4.78, 5) is 14.3. The summed E-state index contributed by atoms with van der Waals surface area (Å²) in [5.41, 5.74) is 5.40. The third-order valence-corrected chi connectivity index (χ3v) is 7.18. The van der Waals surface area contributed by atoms with Crippen molar-refractivity contribution in [3.63, 3.8) is 0 Å². The molecule has 0 saturated carbocycles. The Morgan fingerprint density at radius 2 is 2.00 bits per heavy atom. The molecule has 1 heterocycles. The molecule has 0 fully saturated rings. The minimum Gasteiger partial charge on any atom is -0.375 e. The molecule has 4 rings (SSSR count). The highest BCUT2D eigenvalue weighted by molar-refractivity contribution is 6.00. The molecule has 0 bridgehead atoms. The Bertz CT molecular complexity index is 956. The second-order valence-corrected chi connectivity index (χ2v) is 8.81. The third-order valence-electron chi connectivity index (χ3n) is 7.18. The molecule has 1 amide bonds. The predicted molar refractivity (Wildman–Crippen MR) is 120 cm³/mol. The molecule has 0 N–H and O–H groups in total. The lowest BCUT2D eigenvalue weighted by Gasteiger charge is -2.49. The number of rotatable bonds is 5. The zero-order chi connectivity index (χ0) is 21.5.